The summed E-state index contributed by atoms with van der Waals surface area (Å²) in [5.41, 5.74) is 3.22. The van der Waals surface area contributed by atoms with E-state index in [1.165, 1.54) is 11.1 Å². The molecule has 1 unspecified atom stereocenters. The lowest BCUT2D eigenvalue weighted by molar-refractivity contribution is 0.249. The molecule has 1 aliphatic heterocycles. The highest BCUT2D eigenvalue weighted by Gasteiger charge is 2.24. The first kappa shape index (κ1) is 15.3. The maximum Gasteiger partial charge on any atom is 0.319 e. The largest absolute Gasteiger partial charge is 0.354 e. The van der Waals surface area contributed by atoms with Crippen molar-refractivity contribution in [2.75, 3.05) is 23.3 Å². The van der Waals surface area contributed by atoms with Gasteiger partial charge in [0.1, 0.15) is 5.82 Å². The van der Waals surface area contributed by atoms with Crippen LogP contribution < -0.4 is 15.5 Å². The predicted molar refractivity (Wildman–Crippen MR) is 92.9 cm³/mol. The van der Waals surface area contributed by atoms with Crippen molar-refractivity contribution in [3.8, 4) is 0 Å². The molecule has 1 atom stereocenters. The molecule has 0 saturated carbocycles. The Balaban J connectivity index is 1.53. The zero-order valence-electron chi connectivity index (χ0n) is 13.5. The van der Waals surface area contributed by atoms with Gasteiger partial charge in [-0.15, -0.1) is 0 Å². The first-order chi connectivity index (χ1) is 11.1. The molecule has 0 radical (unpaired) electrons. The lowest BCUT2D eigenvalue weighted by atomic mass is 10.1. The Bertz CT molecular complexity index is 687. The molecule has 0 aliphatic carbocycles. The first-order valence-electron chi connectivity index (χ1n) is 7.92. The third-order valence-electron chi connectivity index (χ3n) is 4.26. The fourth-order valence-corrected chi connectivity index (χ4v) is 2.80. The Morgan fingerprint density at radius 2 is 2.09 bits per heavy atom. The van der Waals surface area contributed by atoms with E-state index in [-0.39, 0.29) is 12.1 Å². The number of benzene rings is 1. The number of hydrogen-bond acceptors (Lipinski definition) is 3. The van der Waals surface area contributed by atoms with E-state index in [4.69, 9.17) is 0 Å². The number of carbonyl (C=O) groups is 1. The SMILES string of the molecule is Cc1ccc(NC(=O)NC2CCN(c3ccccn3)C2)cc1C. The van der Waals surface area contributed by atoms with Crippen LogP contribution in [0.4, 0.5) is 16.3 Å². The van der Waals surface area contributed by atoms with Gasteiger partial charge < -0.3 is 15.5 Å². The van der Waals surface area contributed by atoms with E-state index in [0.29, 0.717) is 0 Å². The molecule has 1 fully saturated rings. The number of rotatable bonds is 3. The monoisotopic (exact) mass is 310 g/mol. The molecule has 23 heavy (non-hydrogen) atoms. The lowest BCUT2D eigenvalue weighted by Crippen LogP contribution is -2.39. The number of nitrogens with one attached hydrogen (secondary N) is 2. The topological polar surface area (TPSA) is 57.3 Å². The maximum absolute atomic E-state index is 12.2. The number of hydrogen-bond donors (Lipinski definition) is 2. The fraction of sp³-hybridized carbons (Fsp3) is 0.333. The van der Waals surface area contributed by atoms with Gasteiger partial charge in [0, 0.05) is 31.0 Å². The minimum absolute atomic E-state index is 0.142. The van der Waals surface area contributed by atoms with Crippen molar-refractivity contribution in [3.63, 3.8) is 0 Å². The molecule has 1 aromatic carbocycles. The van der Waals surface area contributed by atoms with Gasteiger partial charge in [-0.1, -0.05) is 12.1 Å². The number of aromatic nitrogens is 1. The van der Waals surface area contributed by atoms with Crippen LogP contribution in [0.2, 0.25) is 0 Å². The van der Waals surface area contributed by atoms with E-state index in [1.54, 1.807) is 6.20 Å². The van der Waals surface area contributed by atoms with Crippen molar-refractivity contribution < 1.29 is 4.79 Å². The van der Waals surface area contributed by atoms with Gasteiger partial charge in [0.15, 0.2) is 0 Å². The second kappa shape index (κ2) is 6.69. The molecule has 1 saturated heterocycles. The Kier molecular flexibility index (Phi) is 4.46. The van der Waals surface area contributed by atoms with E-state index >= 15 is 0 Å². The molecule has 2 amide bonds. The third-order valence-corrected chi connectivity index (χ3v) is 4.26. The molecule has 2 aromatic rings. The first-order valence-corrected chi connectivity index (χ1v) is 7.92. The smallest absolute Gasteiger partial charge is 0.319 e. The highest BCUT2D eigenvalue weighted by atomic mass is 16.2. The number of pyridine rings is 1. The third kappa shape index (κ3) is 3.80. The van der Waals surface area contributed by atoms with Gasteiger partial charge in [0.2, 0.25) is 0 Å². The van der Waals surface area contributed by atoms with Crippen molar-refractivity contribution in [3.05, 3.63) is 53.7 Å². The number of amides is 2. The Labute approximate surface area is 136 Å². The van der Waals surface area contributed by atoms with Crippen LogP contribution >= 0.6 is 0 Å². The zero-order chi connectivity index (χ0) is 16.2. The van der Waals surface area contributed by atoms with Crippen LogP contribution in [0.3, 0.4) is 0 Å². The molecule has 1 aromatic heterocycles. The van der Waals surface area contributed by atoms with Gasteiger partial charge in [-0.05, 0) is 55.7 Å². The van der Waals surface area contributed by atoms with Gasteiger partial charge in [0.05, 0.1) is 0 Å². The molecule has 120 valence electrons. The van der Waals surface area contributed by atoms with E-state index in [0.717, 1.165) is 31.0 Å². The summed E-state index contributed by atoms with van der Waals surface area (Å²) >= 11 is 0. The van der Waals surface area contributed by atoms with Gasteiger partial charge in [-0.25, -0.2) is 9.78 Å². The molecular weight excluding hydrogens is 288 g/mol. The number of carbonyl (C=O) groups excluding carboxylic acids is 1. The standard InChI is InChI=1S/C18H22N4O/c1-13-6-7-15(11-14(13)2)20-18(23)21-16-8-10-22(12-16)17-5-3-4-9-19-17/h3-7,9,11,16H,8,10,12H2,1-2H3,(H2,20,21,23). The summed E-state index contributed by atoms with van der Waals surface area (Å²) in [5.74, 6) is 0.964. The average Bonchev–Trinajstić information content (AvgIpc) is 3.00. The Morgan fingerprint density at radius 1 is 1.22 bits per heavy atom. The van der Waals surface area contributed by atoms with Crippen LogP contribution in [0.25, 0.3) is 0 Å². The summed E-state index contributed by atoms with van der Waals surface area (Å²) in [4.78, 5) is 18.7. The van der Waals surface area contributed by atoms with E-state index in [1.807, 2.05) is 43.3 Å². The van der Waals surface area contributed by atoms with Gasteiger partial charge in [-0.2, -0.15) is 0 Å². The quantitative estimate of drug-likeness (QED) is 0.916. The van der Waals surface area contributed by atoms with Crippen LogP contribution in [0.1, 0.15) is 17.5 Å². The van der Waals surface area contributed by atoms with Crippen LogP contribution in [0, 0.1) is 13.8 Å². The Morgan fingerprint density at radius 3 is 2.83 bits per heavy atom. The van der Waals surface area contributed by atoms with Crippen molar-refractivity contribution in [1.29, 1.82) is 0 Å². The Hall–Kier alpha value is -2.56. The molecule has 5 heteroatoms. The summed E-state index contributed by atoms with van der Waals surface area (Å²) in [7, 11) is 0. The summed E-state index contributed by atoms with van der Waals surface area (Å²) in [6, 6.07) is 11.8. The van der Waals surface area contributed by atoms with Crippen molar-refractivity contribution in [2.45, 2.75) is 26.3 Å². The highest BCUT2D eigenvalue weighted by molar-refractivity contribution is 5.89. The number of anilines is 2. The minimum Gasteiger partial charge on any atom is -0.354 e. The molecule has 2 N–H and O–H groups in total. The fourth-order valence-electron chi connectivity index (χ4n) is 2.80. The summed E-state index contributed by atoms with van der Waals surface area (Å²) < 4.78 is 0. The van der Waals surface area contributed by atoms with Crippen molar-refractivity contribution in [1.82, 2.24) is 10.3 Å². The summed E-state index contributed by atoms with van der Waals surface area (Å²) in [6.45, 7) is 5.80. The zero-order valence-corrected chi connectivity index (χ0v) is 13.5. The number of aryl methyl sites for hydroxylation is 2. The highest BCUT2D eigenvalue weighted by Crippen LogP contribution is 2.18. The maximum atomic E-state index is 12.2. The van der Waals surface area contributed by atoms with Crippen LogP contribution in [-0.2, 0) is 0 Å². The number of nitrogens with zero attached hydrogens (tertiary/aromatic N) is 2. The molecule has 0 spiro atoms. The van der Waals surface area contributed by atoms with Crippen LogP contribution in [-0.4, -0.2) is 30.1 Å². The van der Waals surface area contributed by atoms with E-state index in [9.17, 15) is 4.79 Å². The summed E-state index contributed by atoms with van der Waals surface area (Å²) in [6.07, 6.45) is 2.72. The van der Waals surface area contributed by atoms with Gasteiger partial charge in [0.25, 0.3) is 0 Å². The lowest BCUT2D eigenvalue weighted by Gasteiger charge is -2.18. The van der Waals surface area contributed by atoms with Crippen LogP contribution in [0.5, 0.6) is 0 Å². The molecule has 2 heterocycles. The van der Waals surface area contributed by atoms with Crippen LogP contribution in [0.15, 0.2) is 42.6 Å². The van der Waals surface area contributed by atoms with Gasteiger partial charge >= 0.3 is 6.03 Å². The van der Waals surface area contributed by atoms with E-state index in [2.05, 4.69) is 27.4 Å². The second-order valence-electron chi connectivity index (χ2n) is 6.02. The van der Waals surface area contributed by atoms with Crippen molar-refractivity contribution in [2.24, 2.45) is 0 Å². The van der Waals surface area contributed by atoms with Gasteiger partial charge in [-0.3, -0.25) is 0 Å². The second-order valence-corrected chi connectivity index (χ2v) is 6.02. The van der Waals surface area contributed by atoms with Crippen molar-refractivity contribution >= 4 is 17.5 Å². The molecule has 3 rings (SSSR count). The normalized spacial score (nSPS) is 17.1. The average molecular weight is 310 g/mol. The minimum atomic E-state index is -0.152. The molecular formula is C18H22N4O. The predicted octanol–water partition coefficient (Wildman–Crippen LogP) is 3.10. The molecule has 5 nitrogen and oxygen atoms in total. The summed E-state index contributed by atoms with van der Waals surface area (Å²) in [5, 5.41) is 5.95. The molecule has 0 bridgehead atoms. The molecule has 1 aliphatic rings. The number of urea groups is 1. The van der Waals surface area contributed by atoms with E-state index < -0.39 is 0 Å².